The van der Waals surface area contributed by atoms with E-state index in [0.29, 0.717) is 18.1 Å². The third-order valence-electron chi connectivity index (χ3n) is 6.04. The van der Waals surface area contributed by atoms with Gasteiger partial charge in [-0.2, -0.15) is 0 Å². The van der Waals surface area contributed by atoms with E-state index in [4.69, 9.17) is 4.74 Å². The average Bonchev–Trinajstić information content (AvgIpc) is 3.16. The molecule has 0 radical (unpaired) electrons. The Kier molecular flexibility index (Phi) is 5.40. The Morgan fingerprint density at radius 1 is 1.11 bits per heavy atom. The SMILES string of the molecule is Cc1cc(-c2ccc(OCCNC3CCC(C)(C)CC3)cc2)cc2[nH]cnc12. The summed E-state index contributed by atoms with van der Waals surface area (Å²) in [5.74, 6) is 0.926. The van der Waals surface area contributed by atoms with Crippen LogP contribution in [0, 0.1) is 12.3 Å². The van der Waals surface area contributed by atoms with Gasteiger partial charge >= 0.3 is 0 Å². The van der Waals surface area contributed by atoms with Crippen molar-refractivity contribution in [3.05, 3.63) is 48.3 Å². The van der Waals surface area contributed by atoms with Gasteiger partial charge in [-0.3, -0.25) is 0 Å². The van der Waals surface area contributed by atoms with Crippen molar-refractivity contribution in [2.75, 3.05) is 13.2 Å². The van der Waals surface area contributed by atoms with Gasteiger partial charge in [-0.1, -0.05) is 26.0 Å². The first-order chi connectivity index (χ1) is 13.5. The first-order valence-corrected chi connectivity index (χ1v) is 10.4. The number of aromatic amines is 1. The second-order valence-electron chi connectivity index (χ2n) is 8.86. The highest BCUT2D eigenvalue weighted by Crippen LogP contribution is 2.35. The molecule has 2 aromatic carbocycles. The van der Waals surface area contributed by atoms with Gasteiger partial charge in [0.05, 0.1) is 17.4 Å². The van der Waals surface area contributed by atoms with Crippen molar-refractivity contribution in [3.8, 4) is 16.9 Å². The molecule has 0 saturated heterocycles. The third-order valence-corrected chi connectivity index (χ3v) is 6.04. The van der Waals surface area contributed by atoms with Crippen LogP contribution in [0.1, 0.15) is 45.1 Å². The molecule has 1 fully saturated rings. The number of rotatable bonds is 6. The molecule has 1 aliphatic rings. The Hall–Kier alpha value is -2.33. The molecular formula is C24H31N3O. The van der Waals surface area contributed by atoms with Gasteiger partial charge in [0, 0.05) is 12.6 Å². The van der Waals surface area contributed by atoms with Crippen LogP contribution in [0.25, 0.3) is 22.2 Å². The summed E-state index contributed by atoms with van der Waals surface area (Å²) in [7, 11) is 0. The van der Waals surface area contributed by atoms with Crippen LogP contribution in [-0.2, 0) is 0 Å². The Balaban J connectivity index is 1.29. The van der Waals surface area contributed by atoms with Crippen molar-refractivity contribution in [1.29, 1.82) is 0 Å². The summed E-state index contributed by atoms with van der Waals surface area (Å²) in [6, 6.07) is 13.4. The molecule has 0 bridgehead atoms. The first kappa shape index (κ1) is 19.0. The third kappa shape index (κ3) is 4.39. The molecule has 0 spiro atoms. The fraction of sp³-hybridized carbons (Fsp3) is 0.458. The zero-order chi connectivity index (χ0) is 19.6. The van der Waals surface area contributed by atoms with Crippen LogP contribution in [0.4, 0.5) is 0 Å². The van der Waals surface area contributed by atoms with E-state index in [9.17, 15) is 0 Å². The zero-order valence-corrected chi connectivity index (χ0v) is 17.2. The summed E-state index contributed by atoms with van der Waals surface area (Å²) >= 11 is 0. The van der Waals surface area contributed by atoms with Gasteiger partial charge in [-0.25, -0.2) is 4.98 Å². The number of aromatic nitrogens is 2. The Labute approximate surface area is 167 Å². The molecule has 4 rings (SSSR count). The van der Waals surface area contributed by atoms with Crippen molar-refractivity contribution in [2.24, 2.45) is 5.41 Å². The molecule has 4 nitrogen and oxygen atoms in total. The minimum atomic E-state index is 0.525. The van der Waals surface area contributed by atoms with Crippen LogP contribution in [0.5, 0.6) is 5.75 Å². The summed E-state index contributed by atoms with van der Waals surface area (Å²) < 4.78 is 5.93. The Morgan fingerprint density at radius 3 is 2.61 bits per heavy atom. The fourth-order valence-corrected chi connectivity index (χ4v) is 4.17. The van der Waals surface area contributed by atoms with Gasteiger partial charge in [-0.05, 0) is 79.0 Å². The molecule has 3 aromatic rings. The lowest BCUT2D eigenvalue weighted by atomic mass is 9.75. The Bertz CT molecular complexity index is 917. The normalized spacial score (nSPS) is 17.1. The highest BCUT2D eigenvalue weighted by Gasteiger charge is 2.26. The summed E-state index contributed by atoms with van der Waals surface area (Å²) in [6.45, 7) is 8.47. The number of benzene rings is 2. The number of imidazole rings is 1. The smallest absolute Gasteiger partial charge is 0.119 e. The molecule has 0 amide bonds. The standard InChI is InChI=1S/C24H31N3O/c1-17-14-19(15-22-23(17)27-16-26-22)18-4-6-21(7-5-18)28-13-12-25-20-8-10-24(2,3)11-9-20/h4-7,14-16,20,25H,8-13H2,1-3H3,(H,26,27). The van der Waals surface area contributed by atoms with Crippen molar-refractivity contribution < 1.29 is 4.74 Å². The Morgan fingerprint density at radius 2 is 1.86 bits per heavy atom. The minimum Gasteiger partial charge on any atom is -0.492 e. The highest BCUT2D eigenvalue weighted by atomic mass is 16.5. The lowest BCUT2D eigenvalue weighted by Crippen LogP contribution is -2.37. The predicted octanol–water partition coefficient (Wildman–Crippen LogP) is 5.48. The molecule has 1 aliphatic carbocycles. The number of ether oxygens (including phenoxy) is 1. The van der Waals surface area contributed by atoms with Gasteiger partial charge in [0.1, 0.15) is 12.4 Å². The molecule has 2 N–H and O–H groups in total. The van der Waals surface area contributed by atoms with Crippen LogP contribution < -0.4 is 10.1 Å². The molecule has 1 saturated carbocycles. The summed E-state index contributed by atoms with van der Waals surface area (Å²) in [5, 5.41) is 3.65. The molecule has 0 atom stereocenters. The van der Waals surface area contributed by atoms with Gasteiger partial charge in [-0.15, -0.1) is 0 Å². The number of hydrogen-bond donors (Lipinski definition) is 2. The van der Waals surface area contributed by atoms with E-state index >= 15 is 0 Å². The molecule has 4 heteroatoms. The van der Waals surface area contributed by atoms with E-state index in [0.717, 1.165) is 23.3 Å². The highest BCUT2D eigenvalue weighted by molar-refractivity contribution is 5.84. The maximum Gasteiger partial charge on any atom is 0.119 e. The van der Waals surface area contributed by atoms with Crippen LogP contribution in [0.15, 0.2) is 42.7 Å². The van der Waals surface area contributed by atoms with E-state index in [1.54, 1.807) is 6.33 Å². The average molecular weight is 378 g/mol. The molecule has 28 heavy (non-hydrogen) atoms. The number of hydrogen-bond acceptors (Lipinski definition) is 3. The second kappa shape index (κ2) is 7.96. The van der Waals surface area contributed by atoms with E-state index in [2.05, 4.69) is 72.5 Å². The zero-order valence-electron chi connectivity index (χ0n) is 17.2. The monoisotopic (exact) mass is 377 g/mol. The summed E-state index contributed by atoms with van der Waals surface area (Å²) in [5.41, 5.74) is 6.21. The van der Waals surface area contributed by atoms with Gasteiger partial charge < -0.3 is 15.0 Å². The quantitative estimate of drug-likeness (QED) is 0.560. The van der Waals surface area contributed by atoms with Gasteiger partial charge in [0.25, 0.3) is 0 Å². The fourth-order valence-electron chi connectivity index (χ4n) is 4.17. The lowest BCUT2D eigenvalue weighted by molar-refractivity contribution is 0.200. The van der Waals surface area contributed by atoms with E-state index < -0.39 is 0 Å². The topological polar surface area (TPSA) is 49.9 Å². The first-order valence-electron chi connectivity index (χ1n) is 10.4. The van der Waals surface area contributed by atoms with E-state index in [-0.39, 0.29) is 0 Å². The number of nitrogens with one attached hydrogen (secondary N) is 2. The van der Waals surface area contributed by atoms with Crippen molar-refractivity contribution >= 4 is 11.0 Å². The van der Waals surface area contributed by atoms with Crippen molar-refractivity contribution in [2.45, 2.75) is 52.5 Å². The maximum atomic E-state index is 5.93. The number of nitrogens with zero attached hydrogens (tertiary/aromatic N) is 1. The molecular weight excluding hydrogens is 346 g/mol. The number of fused-ring (bicyclic) bond motifs is 1. The number of H-pyrrole nitrogens is 1. The van der Waals surface area contributed by atoms with Crippen molar-refractivity contribution in [3.63, 3.8) is 0 Å². The minimum absolute atomic E-state index is 0.525. The molecule has 1 heterocycles. The van der Waals surface area contributed by atoms with Gasteiger partial charge in [0.2, 0.25) is 0 Å². The second-order valence-corrected chi connectivity index (χ2v) is 8.86. The van der Waals surface area contributed by atoms with Crippen LogP contribution >= 0.6 is 0 Å². The van der Waals surface area contributed by atoms with Crippen LogP contribution in [0.3, 0.4) is 0 Å². The molecule has 0 unspecified atom stereocenters. The maximum absolute atomic E-state index is 5.93. The van der Waals surface area contributed by atoms with Crippen LogP contribution in [0.2, 0.25) is 0 Å². The van der Waals surface area contributed by atoms with Crippen LogP contribution in [-0.4, -0.2) is 29.2 Å². The largest absolute Gasteiger partial charge is 0.492 e. The van der Waals surface area contributed by atoms with E-state index in [1.165, 1.54) is 42.4 Å². The van der Waals surface area contributed by atoms with E-state index in [1.807, 2.05) is 0 Å². The van der Waals surface area contributed by atoms with Crippen molar-refractivity contribution in [1.82, 2.24) is 15.3 Å². The summed E-state index contributed by atoms with van der Waals surface area (Å²) in [6.07, 6.45) is 6.94. The van der Waals surface area contributed by atoms with Gasteiger partial charge in [0.15, 0.2) is 0 Å². The predicted molar refractivity (Wildman–Crippen MR) is 116 cm³/mol. The molecule has 148 valence electrons. The molecule has 0 aliphatic heterocycles. The molecule has 1 aromatic heterocycles. The lowest BCUT2D eigenvalue weighted by Gasteiger charge is -2.34. The summed E-state index contributed by atoms with van der Waals surface area (Å²) in [4.78, 5) is 7.57. The number of aryl methyl sites for hydroxylation is 1.